The number of nitrogens with one attached hydrogen (secondary N) is 2. The number of anilines is 1. The van der Waals surface area contributed by atoms with Crippen molar-refractivity contribution in [3.05, 3.63) is 41.6 Å². The quantitative estimate of drug-likeness (QED) is 0.888. The lowest BCUT2D eigenvalue weighted by Gasteiger charge is -2.22. The zero-order valence-electron chi connectivity index (χ0n) is 12.9. The van der Waals surface area contributed by atoms with E-state index >= 15 is 0 Å². The number of H-pyrrole nitrogens is 1. The number of halogens is 1. The lowest BCUT2D eigenvalue weighted by atomic mass is 10.1. The van der Waals surface area contributed by atoms with Gasteiger partial charge in [0.25, 0.3) is 0 Å². The summed E-state index contributed by atoms with van der Waals surface area (Å²) in [6.07, 6.45) is 5.16. The summed E-state index contributed by atoms with van der Waals surface area (Å²) in [7, 11) is 1.82. The van der Waals surface area contributed by atoms with Crippen LogP contribution in [0.5, 0.6) is 0 Å². The molecule has 0 saturated heterocycles. The Balaban J connectivity index is 2.13. The van der Waals surface area contributed by atoms with Gasteiger partial charge in [0.05, 0.1) is 6.20 Å². The van der Waals surface area contributed by atoms with Gasteiger partial charge in [-0.25, -0.2) is 9.37 Å². The Morgan fingerprint density at radius 2 is 2.14 bits per heavy atom. The number of hydrogen-bond acceptors (Lipinski definition) is 4. The van der Waals surface area contributed by atoms with Crippen molar-refractivity contribution in [2.75, 3.05) is 11.9 Å². The maximum Gasteiger partial charge on any atom is 0.170 e. The van der Waals surface area contributed by atoms with E-state index in [0.29, 0.717) is 24.5 Å². The van der Waals surface area contributed by atoms with Crippen molar-refractivity contribution in [1.29, 1.82) is 0 Å². The summed E-state index contributed by atoms with van der Waals surface area (Å²) < 4.78 is 14.6. The zero-order chi connectivity index (χ0) is 15.5. The molecule has 0 bridgehead atoms. The van der Waals surface area contributed by atoms with Crippen molar-refractivity contribution >= 4 is 5.82 Å². The van der Waals surface area contributed by atoms with Gasteiger partial charge in [0, 0.05) is 49.2 Å². The number of nitrogens with zero attached hydrogens (tertiary/aromatic N) is 3. The second-order valence-corrected chi connectivity index (χ2v) is 6.17. The molecule has 0 saturated carbocycles. The number of hydrogen-bond donors (Lipinski definition) is 2. The van der Waals surface area contributed by atoms with Crippen molar-refractivity contribution in [2.24, 2.45) is 0 Å². The van der Waals surface area contributed by atoms with Crippen LogP contribution in [0.4, 0.5) is 10.2 Å². The van der Waals surface area contributed by atoms with Gasteiger partial charge in [0.15, 0.2) is 11.6 Å². The van der Waals surface area contributed by atoms with Gasteiger partial charge in [0.1, 0.15) is 0 Å². The van der Waals surface area contributed by atoms with Crippen LogP contribution in [0, 0.1) is 5.82 Å². The van der Waals surface area contributed by atoms with Gasteiger partial charge in [-0.15, -0.1) is 0 Å². The number of aromatic nitrogens is 3. The van der Waals surface area contributed by atoms with E-state index in [4.69, 9.17) is 0 Å². The van der Waals surface area contributed by atoms with E-state index in [1.54, 1.807) is 29.6 Å². The smallest absolute Gasteiger partial charge is 0.170 e. The fourth-order valence-corrected chi connectivity index (χ4v) is 1.95. The van der Waals surface area contributed by atoms with Crippen LogP contribution < -0.4 is 10.2 Å². The highest BCUT2D eigenvalue weighted by molar-refractivity contribution is 5.42. The van der Waals surface area contributed by atoms with Gasteiger partial charge in [-0.2, -0.15) is 5.10 Å². The van der Waals surface area contributed by atoms with Gasteiger partial charge in [-0.05, 0) is 26.8 Å². The van der Waals surface area contributed by atoms with Crippen LogP contribution in [0.25, 0.3) is 0 Å². The molecule has 6 heteroatoms. The monoisotopic (exact) mass is 291 g/mol. The second kappa shape index (κ2) is 6.22. The molecule has 21 heavy (non-hydrogen) atoms. The highest BCUT2D eigenvalue weighted by atomic mass is 19.1. The third-order valence-electron chi connectivity index (χ3n) is 3.10. The number of rotatable bonds is 5. The summed E-state index contributed by atoms with van der Waals surface area (Å²) in [5.74, 6) is 0.0738. The molecule has 0 aliphatic heterocycles. The summed E-state index contributed by atoms with van der Waals surface area (Å²) >= 11 is 0. The number of aromatic amines is 1. The molecule has 0 atom stereocenters. The van der Waals surface area contributed by atoms with E-state index in [0.717, 1.165) is 5.56 Å². The largest absolute Gasteiger partial charge is 0.353 e. The van der Waals surface area contributed by atoms with Gasteiger partial charge in [-0.3, -0.25) is 5.10 Å². The molecule has 2 aromatic heterocycles. The molecule has 0 aliphatic carbocycles. The van der Waals surface area contributed by atoms with E-state index in [-0.39, 0.29) is 11.4 Å². The predicted octanol–water partition coefficient (Wildman–Crippen LogP) is 2.47. The van der Waals surface area contributed by atoms with E-state index < -0.39 is 0 Å². The van der Waals surface area contributed by atoms with E-state index in [1.165, 1.54) is 0 Å². The third-order valence-corrected chi connectivity index (χ3v) is 3.10. The highest BCUT2D eigenvalue weighted by Crippen LogP contribution is 2.20. The second-order valence-electron chi connectivity index (χ2n) is 6.17. The first-order chi connectivity index (χ1) is 9.87. The van der Waals surface area contributed by atoms with Crippen molar-refractivity contribution in [3.63, 3.8) is 0 Å². The van der Waals surface area contributed by atoms with Gasteiger partial charge in [-0.1, -0.05) is 0 Å². The average Bonchev–Trinajstić information content (AvgIpc) is 2.89. The van der Waals surface area contributed by atoms with Crippen LogP contribution in [0.15, 0.2) is 24.7 Å². The maximum absolute atomic E-state index is 14.6. The highest BCUT2D eigenvalue weighted by Gasteiger charge is 2.16. The van der Waals surface area contributed by atoms with Gasteiger partial charge in [0.2, 0.25) is 0 Å². The Morgan fingerprint density at radius 3 is 2.76 bits per heavy atom. The van der Waals surface area contributed by atoms with Crippen molar-refractivity contribution < 1.29 is 4.39 Å². The molecule has 0 unspecified atom stereocenters. The van der Waals surface area contributed by atoms with Crippen molar-refractivity contribution in [3.8, 4) is 0 Å². The van der Waals surface area contributed by atoms with E-state index in [2.05, 4.69) is 41.3 Å². The molecule has 0 amide bonds. The summed E-state index contributed by atoms with van der Waals surface area (Å²) in [6.45, 7) is 7.19. The first-order valence-corrected chi connectivity index (χ1v) is 6.94. The van der Waals surface area contributed by atoms with Crippen LogP contribution in [-0.2, 0) is 13.1 Å². The third kappa shape index (κ3) is 4.26. The summed E-state index contributed by atoms with van der Waals surface area (Å²) in [5, 5.41) is 9.93. The summed E-state index contributed by atoms with van der Waals surface area (Å²) in [5.41, 5.74) is 1.55. The molecule has 2 N–H and O–H groups in total. The molecule has 0 radical (unpaired) electrons. The zero-order valence-corrected chi connectivity index (χ0v) is 12.9. The lowest BCUT2D eigenvalue weighted by molar-refractivity contribution is 0.418. The minimum Gasteiger partial charge on any atom is -0.353 e. The summed E-state index contributed by atoms with van der Waals surface area (Å²) in [6, 6.07) is 1.71. The number of pyridine rings is 1. The molecule has 0 fully saturated rings. The fraction of sp³-hybridized carbons (Fsp3) is 0.467. The lowest BCUT2D eigenvalue weighted by Crippen LogP contribution is -2.35. The Labute approximate surface area is 124 Å². The normalized spacial score (nSPS) is 11.7. The molecule has 5 nitrogen and oxygen atoms in total. The standard InChI is InChI=1S/C15H22FN5/c1-15(2,3)18-9-12-5-6-17-14(13(12)16)21(4)10-11-7-19-20-8-11/h5-8,18H,9-10H2,1-4H3,(H,19,20). The fourth-order valence-electron chi connectivity index (χ4n) is 1.95. The molecule has 114 valence electrons. The van der Waals surface area contributed by atoms with E-state index in [9.17, 15) is 4.39 Å². The minimum atomic E-state index is -0.278. The van der Waals surface area contributed by atoms with Crippen molar-refractivity contribution in [1.82, 2.24) is 20.5 Å². The molecule has 0 aromatic carbocycles. The van der Waals surface area contributed by atoms with E-state index in [1.807, 2.05) is 7.05 Å². The Hall–Kier alpha value is -1.95. The Bertz CT molecular complexity index is 574. The topological polar surface area (TPSA) is 56.8 Å². The Kier molecular flexibility index (Phi) is 4.57. The summed E-state index contributed by atoms with van der Waals surface area (Å²) in [4.78, 5) is 5.93. The van der Waals surface area contributed by atoms with Crippen LogP contribution in [0.2, 0.25) is 0 Å². The van der Waals surface area contributed by atoms with Crippen LogP contribution in [0.1, 0.15) is 31.9 Å². The molecule has 2 rings (SSSR count). The van der Waals surface area contributed by atoms with Crippen molar-refractivity contribution in [2.45, 2.75) is 39.4 Å². The molecular formula is C15H22FN5. The minimum absolute atomic E-state index is 0.0570. The van der Waals surface area contributed by atoms with Gasteiger partial charge >= 0.3 is 0 Å². The predicted molar refractivity (Wildman–Crippen MR) is 81.5 cm³/mol. The average molecular weight is 291 g/mol. The van der Waals surface area contributed by atoms with Crippen LogP contribution in [-0.4, -0.2) is 27.8 Å². The van der Waals surface area contributed by atoms with Gasteiger partial charge < -0.3 is 10.2 Å². The molecule has 0 spiro atoms. The van der Waals surface area contributed by atoms with Crippen LogP contribution in [0.3, 0.4) is 0 Å². The maximum atomic E-state index is 14.6. The first kappa shape index (κ1) is 15.4. The SMILES string of the molecule is CN(Cc1cn[nH]c1)c1nccc(CNC(C)(C)C)c1F. The van der Waals surface area contributed by atoms with Crippen LogP contribution >= 0.6 is 0 Å². The molecule has 2 heterocycles. The Morgan fingerprint density at radius 1 is 1.38 bits per heavy atom. The molecule has 0 aliphatic rings. The molecular weight excluding hydrogens is 269 g/mol. The molecule has 2 aromatic rings. The first-order valence-electron chi connectivity index (χ1n) is 6.94.